The van der Waals surface area contributed by atoms with Crippen molar-refractivity contribution in [1.29, 1.82) is 0 Å². The Bertz CT molecular complexity index is 554. The summed E-state index contributed by atoms with van der Waals surface area (Å²) >= 11 is 0. The third kappa shape index (κ3) is 3.04. The highest BCUT2D eigenvalue weighted by molar-refractivity contribution is 7.89. The molecule has 0 radical (unpaired) electrons. The number of sulfonamides is 1. The van der Waals surface area contributed by atoms with Gasteiger partial charge in [0.2, 0.25) is 15.6 Å². The third-order valence-electron chi connectivity index (χ3n) is 2.66. The van der Waals surface area contributed by atoms with Gasteiger partial charge in [0.05, 0.1) is 4.90 Å². The van der Waals surface area contributed by atoms with Gasteiger partial charge in [-0.3, -0.25) is 4.79 Å². The van der Waals surface area contributed by atoms with Gasteiger partial charge in [-0.1, -0.05) is 12.2 Å². The monoisotopic (exact) mass is 254 g/mol. The first kappa shape index (κ1) is 12.1. The molecule has 1 aromatic heterocycles. The van der Waals surface area contributed by atoms with Crippen molar-refractivity contribution in [3.8, 4) is 0 Å². The van der Waals surface area contributed by atoms with Gasteiger partial charge >= 0.3 is 0 Å². The first-order valence-electron chi connectivity index (χ1n) is 5.44. The molecule has 0 bridgehead atoms. The zero-order valence-electron chi connectivity index (χ0n) is 9.22. The molecule has 0 aromatic carbocycles. The quantitative estimate of drug-likeness (QED) is 0.782. The van der Waals surface area contributed by atoms with Gasteiger partial charge in [0.25, 0.3) is 0 Å². The molecule has 0 spiro atoms. The molecule has 0 saturated heterocycles. The lowest BCUT2D eigenvalue weighted by atomic mass is 10.0. The van der Waals surface area contributed by atoms with Crippen LogP contribution in [0.5, 0.6) is 0 Å². The molecule has 0 amide bonds. The fraction of sp³-hybridized carbons (Fsp3) is 0.364. The molecule has 1 unspecified atom stereocenters. The predicted octanol–water partition coefficient (Wildman–Crippen LogP) is 0.762. The summed E-state index contributed by atoms with van der Waals surface area (Å²) in [6.45, 7) is 0. The summed E-state index contributed by atoms with van der Waals surface area (Å²) in [7, 11) is -3.53. The lowest BCUT2D eigenvalue weighted by Gasteiger charge is -2.19. The van der Waals surface area contributed by atoms with Gasteiger partial charge in [0.1, 0.15) is 0 Å². The normalized spacial score (nSPS) is 20.4. The van der Waals surface area contributed by atoms with E-state index in [1.165, 1.54) is 18.3 Å². The van der Waals surface area contributed by atoms with Gasteiger partial charge in [0.15, 0.2) is 0 Å². The van der Waals surface area contributed by atoms with Crippen LogP contribution in [0.1, 0.15) is 19.3 Å². The van der Waals surface area contributed by atoms with E-state index >= 15 is 0 Å². The largest absolute Gasteiger partial charge is 0.328 e. The molecule has 1 atom stereocenters. The standard InChI is InChI=1S/C11H14N2O3S/c14-11-7-6-10(8-12-11)17(15,16)13-9-4-2-1-3-5-9/h1-2,6-9,13H,3-5H2,(H,12,14). The summed E-state index contributed by atoms with van der Waals surface area (Å²) in [5.74, 6) is 0. The second kappa shape index (κ2) is 4.85. The van der Waals surface area contributed by atoms with Crippen LogP contribution >= 0.6 is 0 Å². The molecule has 2 rings (SSSR count). The number of allylic oxidation sites excluding steroid dienone is 1. The summed E-state index contributed by atoms with van der Waals surface area (Å²) in [6.07, 6.45) is 7.64. The maximum atomic E-state index is 12.0. The Balaban J connectivity index is 2.16. The van der Waals surface area contributed by atoms with Crippen molar-refractivity contribution in [2.24, 2.45) is 0 Å². The number of aromatic amines is 1. The fourth-order valence-corrected chi connectivity index (χ4v) is 3.00. The highest BCUT2D eigenvalue weighted by atomic mass is 32.2. The highest BCUT2D eigenvalue weighted by Crippen LogP contribution is 2.14. The summed E-state index contributed by atoms with van der Waals surface area (Å²) < 4.78 is 26.5. The van der Waals surface area contributed by atoms with Gasteiger partial charge in [0, 0.05) is 18.3 Å². The van der Waals surface area contributed by atoms with E-state index in [9.17, 15) is 13.2 Å². The number of nitrogens with one attached hydrogen (secondary N) is 2. The molecular weight excluding hydrogens is 240 g/mol. The van der Waals surface area contributed by atoms with Crippen LogP contribution in [-0.2, 0) is 10.0 Å². The Morgan fingerprint density at radius 2 is 2.12 bits per heavy atom. The average Bonchev–Trinajstić information content (AvgIpc) is 2.30. The summed E-state index contributed by atoms with van der Waals surface area (Å²) in [5, 5.41) is 0. The first-order valence-corrected chi connectivity index (χ1v) is 6.92. The van der Waals surface area contributed by atoms with Gasteiger partial charge in [-0.2, -0.15) is 0 Å². The molecule has 1 aliphatic carbocycles. The van der Waals surface area contributed by atoms with Gasteiger partial charge < -0.3 is 4.98 Å². The lowest BCUT2D eigenvalue weighted by Crippen LogP contribution is -2.35. The van der Waals surface area contributed by atoms with Crippen LogP contribution in [0.4, 0.5) is 0 Å². The molecule has 1 aromatic rings. The minimum atomic E-state index is -3.53. The van der Waals surface area contributed by atoms with Crippen molar-refractivity contribution >= 4 is 10.0 Å². The summed E-state index contributed by atoms with van der Waals surface area (Å²) in [6, 6.07) is 2.45. The van der Waals surface area contributed by atoms with Gasteiger partial charge in [-0.05, 0) is 25.3 Å². The molecule has 0 fully saturated rings. The van der Waals surface area contributed by atoms with Crippen LogP contribution in [0.15, 0.2) is 40.2 Å². The molecule has 0 saturated carbocycles. The molecule has 0 aliphatic heterocycles. The molecule has 92 valence electrons. The minimum Gasteiger partial charge on any atom is -0.328 e. The average molecular weight is 254 g/mol. The van der Waals surface area contributed by atoms with Crippen LogP contribution < -0.4 is 10.3 Å². The SMILES string of the molecule is O=c1ccc(S(=O)(=O)NC2CC=CCC2)c[nH]1. The van der Waals surface area contributed by atoms with E-state index in [1.54, 1.807) is 0 Å². The van der Waals surface area contributed by atoms with E-state index in [4.69, 9.17) is 0 Å². The zero-order chi connectivity index (χ0) is 12.3. The highest BCUT2D eigenvalue weighted by Gasteiger charge is 2.20. The molecule has 1 aliphatic rings. The number of rotatable bonds is 3. The fourth-order valence-electron chi connectivity index (χ4n) is 1.75. The predicted molar refractivity (Wildman–Crippen MR) is 64.2 cm³/mol. The van der Waals surface area contributed by atoms with Crippen LogP contribution in [0.3, 0.4) is 0 Å². The number of H-pyrrole nitrogens is 1. The van der Waals surface area contributed by atoms with E-state index in [2.05, 4.69) is 9.71 Å². The minimum absolute atomic E-state index is 0.0584. The van der Waals surface area contributed by atoms with E-state index in [-0.39, 0.29) is 16.5 Å². The second-order valence-corrected chi connectivity index (χ2v) is 5.71. The van der Waals surface area contributed by atoms with Gasteiger partial charge in [-0.15, -0.1) is 0 Å². The Morgan fingerprint density at radius 1 is 1.29 bits per heavy atom. The molecule has 2 N–H and O–H groups in total. The maximum absolute atomic E-state index is 12.0. The van der Waals surface area contributed by atoms with Crippen LogP contribution in [0, 0.1) is 0 Å². The molecule has 1 heterocycles. The Kier molecular flexibility index (Phi) is 3.44. The molecule has 6 heteroatoms. The molecule has 5 nitrogen and oxygen atoms in total. The molecular formula is C11H14N2O3S. The van der Waals surface area contributed by atoms with Crippen LogP contribution in [0.2, 0.25) is 0 Å². The zero-order valence-corrected chi connectivity index (χ0v) is 10.0. The van der Waals surface area contributed by atoms with Crippen molar-refractivity contribution in [2.75, 3.05) is 0 Å². The van der Waals surface area contributed by atoms with Crippen molar-refractivity contribution < 1.29 is 8.42 Å². The number of aromatic nitrogens is 1. The Hall–Kier alpha value is -1.40. The lowest BCUT2D eigenvalue weighted by molar-refractivity contribution is 0.522. The van der Waals surface area contributed by atoms with Crippen molar-refractivity contribution in [3.05, 3.63) is 40.8 Å². The van der Waals surface area contributed by atoms with Crippen molar-refractivity contribution in [3.63, 3.8) is 0 Å². The van der Waals surface area contributed by atoms with Gasteiger partial charge in [-0.25, -0.2) is 13.1 Å². The van der Waals surface area contributed by atoms with Crippen molar-refractivity contribution in [1.82, 2.24) is 9.71 Å². The number of hydrogen-bond acceptors (Lipinski definition) is 3. The maximum Gasteiger partial charge on any atom is 0.247 e. The van der Waals surface area contributed by atoms with E-state index in [0.717, 1.165) is 12.8 Å². The van der Waals surface area contributed by atoms with E-state index < -0.39 is 10.0 Å². The van der Waals surface area contributed by atoms with Crippen molar-refractivity contribution in [2.45, 2.75) is 30.2 Å². The third-order valence-corrected chi connectivity index (χ3v) is 4.18. The Labute approximate surface area is 99.6 Å². The Morgan fingerprint density at radius 3 is 2.71 bits per heavy atom. The molecule has 17 heavy (non-hydrogen) atoms. The first-order chi connectivity index (χ1) is 8.08. The second-order valence-electron chi connectivity index (χ2n) is 3.99. The van der Waals surface area contributed by atoms with Crippen LogP contribution in [0.25, 0.3) is 0 Å². The topological polar surface area (TPSA) is 79.0 Å². The number of hydrogen-bond donors (Lipinski definition) is 2. The van der Waals surface area contributed by atoms with E-state index in [0.29, 0.717) is 6.42 Å². The van der Waals surface area contributed by atoms with E-state index in [1.807, 2.05) is 12.2 Å². The summed E-state index contributed by atoms with van der Waals surface area (Å²) in [4.78, 5) is 13.3. The van der Waals surface area contributed by atoms with Crippen LogP contribution in [-0.4, -0.2) is 19.4 Å². The smallest absolute Gasteiger partial charge is 0.247 e. The number of pyridine rings is 1. The summed E-state index contributed by atoms with van der Waals surface area (Å²) in [5.41, 5.74) is -0.315.